The third-order valence-electron chi connectivity index (χ3n) is 4.97. The summed E-state index contributed by atoms with van der Waals surface area (Å²) in [5.41, 5.74) is 0. The summed E-state index contributed by atoms with van der Waals surface area (Å²) in [5, 5.41) is 0. The Morgan fingerprint density at radius 2 is 1.30 bits per heavy atom. The van der Waals surface area contributed by atoms with E-state index < -0.39 is 5.97 Å². The fraction of sp³-hybridized carbons (Fsp3) is 0.615. The maximum absolute atomic E-state index is 11.7. The lowest BCUT2D eigenvalue weighted by molar-refractivity contribution is -0.153. The van der Waals surface area contributed by atoms with Gasteiger partial charge in [0, 0.05) is 6.42 Å². The molecule has 0 fully saturated rings. The summed E-state index contributed by atoms with van der Waals surface area (Å²) < 4.78 is 10.0. The lowest BCUT2D eigenvalue weighted by Gasteiger charge is -2.05. The Bertz CT molecular complexity index is 580. The van der Waals surface area contributed by atoms with Crippen LogP contribution in [-0.4, -0.2) is 18.5 Å². The number of allylic oxidation sites excluding steroid dienone is 2. The van der Waals surface area contributed by atoms with Crippen molar-refractivity contribution in [2.75, 3.05) is 6.61 Å². The van der Waals surface area contributed by atoms with E-state index in [1.165, 1.54) is 57.8 Å². The highest BCUT2D eigenvalue weighted by atomic mass is 16.6. The van der Waals surface area contributed by atoms with E-state index in [0.717, 1.165) is 25.7 Å². The van der Waals surface area contributed by atoms with E-state index >= 15 is 0 Å². The van der Waals surface area contributed by atoms with Gasteiger partial charge in [-0.1, -0.05) is 88.6 Å². The average molecular weight is 417 g/mol. The van der Waals surface area contributed by atoms with E-state index in [4.69, 9.17) is 9.47 Å². The Balaban J connectivity index is 1.86. The van der Waals surface area contributed by atoms with Crippen LogP contribution in [0, 0.1) is 0 Å². The number of esters is 2. The lowest BCUT2D eigenvalue weighted by atomic mass is 10.1. The van der Waals surface area contributed by atoms with Crippen LogP contribution in [-0.2, 0) is 14.3 Å². The highest BCUT2D eigenvalue weighted by Gasteiger charge is 2.09. The Morgan fingerprint density at radius 3 is 1.93 bits per heavy atom. The number of hydrogen-bond donors (Lipinski definition) is 0. The van der Waals surface area contributed by atoms with Crippen LogP contribution in [0.5, 0.6) is 5.75 Å². The van der Waals surface area contributed by atoms with E-state index in [2.05, 4.69) is 19.1 Å². The second kappa shape index (κ2) is 18.9. The topological polar surface area (TPSA) is 52.6 Å². The maximum Gasteiger partial charge on any atom is 0.349 e. The number of hydrogen-bond acceptors (Lipinski definition) is 4. The van der Waals surface area contributed by atoms with Crippen molar-refractivity contribution in [2.24, 2.45) is 0 Å². The van der Waals surface area contributed by atoms with Gasteiger partial charge in [-0.25, -0.2) is 4.79 Å². The molecule has 0 aromatic heterocycles. The van der Waals surface area contributed by atoms with Crippen LogP contribution in [0.3, 0.4) is 0 Å². The molecule has 1 rings (SSSR count). The first-order valence-corrected chi connectivity index (χ1v) is 11.8. The fourth-order valence-electron chi connectivity index (χ4n) is 3.20. The van der Waals surface area contributed by atoms with E-state index in [1.807, 2.05) is 6.07 Å². The molecule has 0 radical (unpaired) electrons. The van der Waals surface area contributed by atoms with Crippen molar-refractivity contribution in [3.05, 3.63) is 42.5 Å². The monoisotopic (exact) mass is 416 g/mol. The van der Waals surface area contributed by atoms with Gasteiger partial charge in [0.2, 0.25) is 0 Å². The van der Waals surface area contributed by atoms with E-state index in [9.17, 15) is 9.59 Å². The molecule has 0 unspecified atom stereocenters. The van der Waals surface area contributed by atoms with Gasteiger partial charge in [-0.2, -0.15) is 0 Å². The first-order valence-electron chi connectivity index (χ1n) is 11.8. The van der Waals surface area contributed by atoms with Crippen molar-refractivity contribution in [1.29, 1.82) is 0 Å². The van der Waals surface area contributed by atoms with Gasteiger partial charge in [-0.05, 0) is 44.2 Å². The molecular weight excluding hydrogens is 376 g/mol. The molecule has 4 heteroatoms. The molecule has 0 spiro atoms. The van der Waals surface area contributed by atoms with E-state index in [1.54, 1.807) is 24.3 Å². The van der Waals surface area contributed by atoms with Crippen molar-refractivity contribution in [1.82, 2.24) is 0 Å². The fourth-order valence-corrected chi connectivity index (χ4v) is 3.20. The Morgan fingerprint density at radius 1 is 0.733 bits per heavy atom. The van der Waals surface area contributed by atoms with Gasteiger partial charge in [0.25, 0.3) is 0 Å². The summed E-state index contributed by atoms with van der Waals surface area (Å²) >= 11 is 0. The molecule has 0 saturated carbocycles. The zero-order chi connectivity index (χ0) is 21.7. The van der Waals surface area contributed by atoms with Crippen molar-refractivity contribution in [2.45, 2.75) is 96.8 Å². The standard InChI is InChI=1S/C26H40O4/c1-2-3-4-5-6-7-8-9-10-11-12-13-14-15-19-22-25(27)29-23-26(28)30-24-20-17-16-18-21-24/h9-10,16-18,20-21H,2-8,11-15,19,22-23H2,1H3/b10-9-. The lowest BCUT2D eigenvalue weighted by Crippen LogP contribution is -2.18. The number of carbonyl (C=O) groups is 2. The van der Waals surface area contributed by atoms with E-state index in [-0.39, 0.29) is 12.6 Å². The Kier molecular flexibility index (Phi) is 16.3. The molecule has 168 valence electrons. The van der Waals surface area contributed by atoms with Crippen LogP contribution < -0.4 is 4.74 Å². The van der Waals surface area contributed by atoms with Crippen LogP contribution >= 0.6 is 0 Å². The van der Waals surface area contributed by atoms with Gasteiger partial charge >= 0.3 is 11.9 Å². The summed E-state index contributed by atoms with van der Waals surface area (Å²) in [4.78, 5) is 23.3. The minimum absolute atomic E-state index is 0.335. The van der Waals surface area contributed by atoms with Crippen LogP contribution in [0.25, 0.3) is 0 Å². The Hall–Kier alpha value is -2.10. The van der Waals surface area contributed by atoms with Gasteiger partial charge in [-0.3, -0.25) is 4.79 Å². The van der Waals surface area contributed by atoms with Gasteiger partial charge in [0.1, 0.15) is 5.75 Å². The molecule has 30 heavy (non-hydrogen) atoms. The summed E-state index contributed by atoms with van der Waals surface area (Å²) in [7, 11) is 0. The van der Waals surface area contributed by atoms with Gasteiger partial charge < -0.3 is 9.47 Å². The summed E-state index contributed by atoms with van der Waals surface area (Å²) in [6, 6.07) is 8.77. The Labute approximate surface area is 183 Å². The SMILES string of the molecule is CCCCCCCC/C=C\CCCCCCCC(=O)OCC(=O)Oc1ccccc1. The second-order valence-corrected chi connectivity index (χ2v) is 7.78. The van der Waals surface area contributed by atoms with Crippen LogP contribution in [0.4, 0.5) is 0 Å². The second-order valence-electron chi connectivity index (χ2n) is 7.78. The number of unbranched alkanes of at least 4 members (excludes halogenated alkanes) is 11. The molecule has 1 aromatic rings. The molecule has 0 aliphatic rings. The molecule has 0 heterocycles. The third kappa shape index (κ3) is 15.8. The first-order chi connectivity index (χ1) is 14.7. The van der Waals surface area contributed by atoms with Gasteiger partial charge in [0.05, 0.1) is 0 Å². The molecule has 0 saturated heterocycles. The third-order valence-corrected chi connectivity index (χ3v) is 4.97. The number of carbonyl (C=O) groups excluding carboxylic acids is 2. The zero-order valence-corrected chi connectivity index (χ0v) is 18.8. The summed E-state index contributed by atoms with van der Waals surface area (Å²) in [6.45, 7) is 1.92. The largest absolute Gasteiger partial charge is 0.454 e. The summed E-state index contributed by atoms with van der Waals surface area (Å²) in [6.07, 6.45) is 20.9. The first kappa shape index (κ1) is 25.9. The number of para-hydroxylation sites is 1. The minimum Gasteiger partial charge on any atom is -0.454 e. The average Bonchev–Trinajstić information content (AvgIpc) is 2.75. The number of ether oxygens (including phenoxy) is 2. The predicted molar refractivity (Wildman–Crippen MR) is 122 cm³/mol. The van der Waals surface area contributed by atoms with E-state index in [0.29, 0.717) is 12.2 Å². The zero-order valence-electron chi connectivity index (χ0n) is 18.8. The molecule has 0 amide bonds. The molecule has 0 N–H and O–H groups in total. The minimum atomic E-state index is -0.556. The number of rotatable bonds is 18. The molecular formula is C26H40O4. The maximum atomic E-state index is 11.7. The normalized spacial score (nSPS) is 11.0. The van der Waals surface area contributed by atoms with Crippen molar-refractivity contribution < 1.29 is 19.1 Å². The van der Waals surface area contributed by atoms with Crippen molar-refractivity contribution >= 4 is 11.9 Å². The molecule has 0 bridgehead atoms. The van der Waals surface area contributed by atoms with Gasteiger partial charge in [0.15, 0.2) is 6.61 Å². The molecule has 0 aliphatic carbocycles. The molecule has 1 aromatic carbocycles. The predicted octanol–water partition coefficient (Wildman–Crippen LogP) is 7.17. The van der Waals surface area contributed by atoms with Crippen LogP contribution in [0.15, 0.2) is 42.5 Å². The van der Waals surface area contributed by atoms with Crippen LogP contribution in [0.2, 0.25) is 0 Å². The highest BCUT2D eigenvalue weighted by Crippen LogP contribution is 2.11. The summed E-state index contributed by atoms with van der Waals surface area (Å²) in [5.74, 6) is -0.437. The molecule has 0 aliphatic heterocycles. The van der Waals surface area contributed by atoms with Crippen LogP contribution in [0.1, 0.15) is 96.8 Å². The highest BCUT2D eigenvalue weighted by molar-refractivity contribution is 5.77. The smallest absolute Gasteiger partial charge is 0.349 e. The molecule has 0 atom stereocenters. The number of benzene rings is 1. The van der Waals surface area contributed by atoms with Crippen molar-refractivity contribution in [3.63, 3.8) is 0 Å². The molecule has 4 nitrogen and oxygen atoms in total. The van der Waals surface area contributed by atoms with Crippen molar-refractivity contribution in [3.8, 4) is 5.75 Å². The van der Waals surface area contributed by atoms with Gasteiger partial charge in [-0.15, -0.1) is 0 Å². The quantitative estimate of drug-likeness (QED) is 0.110.